The number of carbonyl (C=O) groups is 1. The standard InChI is InChI=1S/C17H24N2O/c1-2-4-19-5-3-18-17(19)16(20)15-13-7-11-6-12(9-13)10-14(15)8-11/h3,5,11-15H,2,4,6-10H2,1H3. The van der Waals surface area contributed by atoms with Crippen LogP contribution >= 0.6 is 0 Å². The summed E-state index contributed by atoms with van der Waals surface area (Å²) in [5, 5.41) is 0. The lowest BCUT2D eigenvalue weighted by atomic mass is 9.51. The minimum Gasteiger partial charge on any atom is -0.329 e. The number of hydrogen-bond donors (Lipinski definition) is 0. The number of Topliss-reactive ketones (excluding diaryl/α,β-unsaturated/α-hetero) is 1. The maximum atomic E-state index is 13.0. The summed E-state index contributed by atoms with van der Waals surface area (Å²) in [5.74, 6) is 4.52. The van der Waals surface area contributed by atoms with Gasteiger partial charge < -0.3 is 4.57 Å². The lowest BCUT2D eigenvalue weighted by Crippen LogP contribution is -2.48. The third-order valence-electron chi connectivity index (χ3n) is 5.93. The summed E-state index contributed by atoms with van der Waals surface area (Å²) in [4.78, 5) is 17.4. The zero-order chi connectivity index (χ0) is 13.7. The van der Waals surface area contributed by atoms with E-state index in [2.05, 4.69) is 16.5 Å². The van der Waals surface area contributed by atoms with E-state index in [1.54, 1.807) is 6.20 Å². The molecular weight excluding hydrogens is 248 g/mol. The molecule has 4 bridgehead atoms. The summed E-state index contributed by atoms with van der Waals surface area (Å²) in [6.07, 6.45) is 11.5. The largest absolute Gasteiger partial charge is 0.329 e. The van der Waals surface area contributed by atoms with Crippen molar-refractivity contribution in [1.29, 1.82) is 0 Å². The molecule has 3 nitrogen and oxygen atoms in total. The second-order valence-corrected chi connectivity index (χ2v) is 7.26. The molecule has 108 valence electrons. The molecule has 0 radical (unpaired) electrons. The van der Waals surface area contributed by atoms with Gasteiger partial charge in [-0.3, -0.25) is 4.79 Å². The maximum Gasteiger partial charge on any atom is 0.201 e. The molecule has 0 saturated heterocycles. The average molecular weight is 272 g/mol. The van der Waals surface area contributed by atoms with Crippen molar-refractivity contribution in [1.82, 2.24) is 9.55 Å². The van der Waals surface area contributed by atoms with E-state index < -0.39 is 0 Å². The van der Waals surface area contributed by atoms with Crippen molar-refractivity contribution in [3.8, 4) is 0 Å². The predicted octanol–water partition coefficient (Wildman–Crippen LogP) is 3.55. The molecule has 0 unspecified atom stereocenters. The van der Waals surface area contributed by atoms with Crippen LogP contribution < -0.4 is 0 Å². The average Bonchev–Trinajstić information content (AvgIpc) is 2.86. The number of carbonyl (C=O) groups excluding carboxylic acids is 1. The Morgan fingerprint density at radius 1 is 1.20 bits per heavy atom. The number of imidazole rings is 1. The molecular formula is C17H24N2O. The van der Waals surface area contributed by atoms with Crippen molar-refractivity contribution >= 4 is 5.78 Å². The van der Waals surface area contributed by atoms with E-state index in [0.717, 1.165) is 30.6 Å². The third kappa shape index (κ3) is 1.86. The highest BCUT2D eigenvalue weighted by atomic mass is 16.1. The van der Waals surface area contributed by atoms with E-state index in [4.69, 9.17) is 0 Å². The Balaban J connectivity index is 1.61. The van der Waals surface area contributed by atoms with Crippen LogP contribution in [0.2, 0.25) is 0 Å². The molecule has 3 heteroatoms. The van der Waals surface area contributed by atoms with Gasteiger partial charge in [0.2, 0.25) is 5.78 Å². The highest BCUT2D eigenvalue weighted by Crippen LogP contribution is 2.57. The minimum atomic E-state index is 0.279. The van der Waals surface area contributed by atoms with Crippen LogP contribution in [0, 0.1) is 29.6 Å². The Hall–Kier alpha value is -1.12. The van der Waals surface area contributed by atoms with Crippen molar-refractivity contribution in [2.24, 2.45) is 29.6 Å². The fourth-order valence-electron chi connectivity index (χ4n) is 5.46. The molecule has 4 saturated carbocycles. The number of aryl methyl sites for hydroxylation is 1. The first-order valence-electron chi connectivity index (χ1n) is 8.31. The molecule has 0 atom stereocenters. The van der Waals surface area contributed by atoms with Crippen LogP contribution in [0.1, 0.15) is 56.1 Å². The lowest BCUT2D eigenvalue weighted by molar-refractivity contribution is -0.0256. The quantitative estimate of drug-likeness (QED) is 0.786. The number of nitrogens with zero attached hydrogens (tertiary/aromatic N) is 2. The van der Waals surface area contributed by atoms with Gasteiger partial charge >= 0.3 is 0 Å². The van der Waals surface area contributed by atoms with Gasteiger partial charge in [0.15, 0.2) is 5.82 Å². The maximum absolute atomic E-state index is 13.0. The van der Waals surface area contributed by atoms with Crippen LogP contribution in [-0.2, 0) is 6.54 Å². The van der Waals surface area contributed by atoms with Gasteiger partial charge in [-0.05, 0) is 62.2 Å². The van der Waals surface area contributed by atoms with E-state index in [1.165, 1.54) is 32.1 Å². The Morgan fingerprint density at radius 2 is 1.85 bits per heavy atom. The normalized spacial score (nSPS) is 38.4. The van der Waals surface area contributed by atoms with Gasteiger partial charge in [-0.2, -0.15) is 0 Å². The van der Waals surface area contributed by atoms with E-state index in [1.807, 2.05) is 6.20 Å². The fourth-order valence-corrected chi connectivity index (χ4v) is 5.46. The van der Waals surface area contributed by atoms with Crippen LogP contribution in [0.5, 0.6) is 0 Å². The van der Waals surface area contributed by atoms with Crippen molar-refractivity contribution in [3.63, 3.8) is 0 Å². The molecule has 5 rings (SSSR count). The lowest BCUT2D eigenvalue weighted by Gasteiger charge is -2.53. The second-order valence-electron chi connectivity index (χ2n) is 7.26. The van der Waals surface area contributed by atoms with Crippen molar-refractivity contribution in [3.05, 3.63) is 18.2 Å². The van der Waals surface area contributed by atoms with Gasteiger partial charge in [0.05, 0.1) is 0 Å². The van der Waals surface area contributed by atoms with Crippen LogP contribution in [0.4, 0.5) is 0 Å². The van der Waals surface area contributed by atoms with Crippen LogP contribution in [0.15, 0.2) is 12.4 Å². The summed E-state index contributed by atoms with van der Waals surface area (Å²) in [6, 6.07) is 0. The Kier molecular flexibility index (Phi) is 2.97. The summed E-state index contributed by atoms with van der Waals surface area (Å²) in [5.41, 5.74) is 0. The molecule has 0 N–H and O–H groups in total. The third-order valence-corrected chi connectivity index (χ3v) is 5.93. The molecule has 0 amide bonds. The molecule has 0 aliphatic heterocycles. The van der Waals surface area contributed by atoms with E-state index >= 15 is 0 Å². The molecule has 0 spiro atoms. The Labute approximate surface area is 120 Å². The highest BCUT2D eigenvalue weighted by molar-refractivity contribution is 5.95. The molecule has 4 aliphatic carbocycles. The molecule has 4 fully saturated rings. The molecule has 20 heavy (non-hydrogen) atoms. The molecule has 4 aliphatic rings. The molecule has 1 aromatic rings. The smallest absolute Gasteiger partial charge is 0.201 e. The van der Waals surface area contributed by atoms with Gasteiger partial charge in [0.1, 0.15) is 0 Å². The minimum absolute atomic E-state index is 0.279. The molecule has 1 aromatic heterocycles. The zero-order valence-electron chi connectivity index (χ0n) is 12.3. The Bertz CT molecular complexity index is 491. The fraction of sp³-hybridized carbons (Fsp3) is 0.765. The first-order chi connectivity index (χ1) is 9.76. The van der Waals surface area contributed by atoms with Crippen molar-refractivity contribution in [2.45, 2.75) is 52.0 Å². The first kappa shape index (κ1) is 12.6. The van der Waals surface area contributed by atoms with E-state index in [-0.39, 0.29) is 5.92 Å². The summed E-state index contributed by atoms with van der Waals surface area (Å²) in [7, 11) is 0. The topological polar surface area (TPSA) is 34.9 Å². The summed E-state index contributed by atoms with van der Waals surface area (Å²) < 4.78 is 2.06. The first-order valence-corrected chi connectivity index (χ1v) is 8.31. The van der Waals surface area contributed by atoms with Gasteiger partial charge in [-0.15, -0.1) is 0 Å². The monoisotopic (exact) mass is 272 g/mol. The Morgan fingerprint density at radius 3 is 2.45 bits per heavy atom. The van der Waals surface area contributed by atoms with Crippen molar-refractivity contribution in [2.75, 3.05) is 0 Å². The van der Waals surface area contributed by atoms with Gasteiger partial charge in [-0.25, -0.2) is 4.98 Å². The number of aromatic nitrogens is 2. The number of rotatable bonds is 4. The van der Waals surface area contributed by atoms with Gasteiger partial charge in [0, 0.05) is 24.9 Å². The number of ketones is 1. The van der Waals surface area contributed by atoms with E-state index in [0.29, 0.717) is 17.6 Å². The zero-order valence-corrected chi connectivity index (χ0v) is 12.3. The second kappa shape index (κ2) is 4.71. The summed E-state index contributed by atoms with van der Waals surface area (Å²) in [6.45, 7) is 3.06. The molecule has 1 heterocycles. The number of hydrogen-bond acceptors (Lipinski definition) is 2. The highest BCUT2D eigenvalue weighted by Gasteiger charge is 2.51. The van der Waals surface area contributed by atoms with E-state index in [9.17, 15) is 4.79 Å². The predicted molar refractivity (Wildman–Crippen MR) is 77.4 cm³/mol. The van der Waals surface area contributed by atoms with Crippen LogP contribution in [-0.4, -0.2) is 15.3 Å². The van der Waals surface area contributed by atoms with Crippen LogP contribution in [0.25, 0.3) is 0 Å². The molecule has 0 aromatic carbocycles. The van der Waals surface area contributed by atoms with Crippen molar-refractivity contribution < 1.29 is 4.79 Å². The van der Waals surface area contributed by atoms with Gasteiger partial charge in [0.25, 0.3) is 0 Å². The van der Waals surface area contributed by atoms with Gasteiger partial charge in [-0.1, -0.05) is 6.92 Å². The SMILES string of the molecule is CCCn1ccnc1C(=O)C1C2CC3CC(C2)CC1C3. The van der Waals surface area contributed by atoms with Crippen LogP contribution in [0.3, 0.4) is 0 Å². The summed E-state index contributed by atoms with van der Waals surface area (Å²) >= 11 is 0.